The van der Waals surface area contributed by atoms with E-state index in [2.05, 4.69) is 6.58 Å². The Bertz CT molecular complexity index is 1350. The number of carbonyl (C=O) groups is 2. The maximum Gasteiger partial charge on any atom is 0.295 e. The SMILES string of the molecule is C=CCOc1ccc([C@H]2C(=C(O)c3ccc4c(c3)OCCO4)C(=O)C(=O)N2CCc2ccccc2)cc1. The molecule has 2 heterocycles. The number of fused-ring (bicyclic) bond motifs is 1. The molecule has 0 aliphatic carbocycles. The van der Waals surface area contributed by atoms with Crippen LogP contribution in [0.5, 0.6) is 17.2 Å². The molecule has 1 amide bonds. The number of carbonyl (C=O) groups excluding carboxylic acids is 2. The maximum absolute atomic E-state index is 13.3. The molecule has 188 valence electrons. The summed E-state index contributed by atoms with van der Waals surface area (Å²) in [6, 6.07) is 21.1. The number of nitrogens with zero attached hydrogens (tertiary/aromatic N) is 1. The Balaban J connectivity index is 1.55. The zero-order valence-corrected chi connectivity index (χ0v) is 20.3. The summed E-state index contributed by atoms with van der Waals surface area (Å²) >= 11 is 0. The minimum atomic E-state index is -0.759. The lowest BCUT2D eigenvalue weighted by Crippen LogP contribution is -2.31. The van der Waals surface area contributed by atoms with Gasteiger partial charge in [-0.3, -0.25) is 9.59 Å². The largest absolute Gasteiger partial charge is 0.507 e. The standard InChI is InChI=1S/C30H27NO6/c1-2-16-35-23-11-8-21(9-12-23)27-26(28(32)22-10-13-24-25(19-22)37-18-17-36-24)29(33)30(34)31(27)15-14-20-6-4-3-5-7-20/h2-13,19,27,32H,1,14-18H2/t27-/m0/s1. The molecule has 0 saturated carbocycles. The van der Waals surface area contributed by atoms with Gasteiger partial charge in [0.2, 0.25) is 0 Å². The number of rotatable bonds is 8. The number of hydrogen-bond donors (Lipinski definition) is 1. The number of amides is 1. The van der Waals surface area contributed by atoms with Gasteiger partial charge < -0.3 is 24.2 Å². The second kappa shape index (κ2) is 10.6. The molecule has 0 aromatic heterocycles. The predicted octanol–water partition coefficient (Wildman–Crippen LogP) is 4.69. The highest BCUT2D eigenvalue weighted by atomic mass is 16.6. The number of hydrogen-bond acceptors (Lipinski definition) is 6. The molecule has 1 fully saturated rings. The molecule has 0 unspecified atom stereocenters. The van der Waals surface area contributed by atoms with Crippen LogP contribution in [-0.2, 0) is 16.0 Å². The molecule has 3 aromatic rings. The summed E-state index contributed by atoms with van der Waals surface area (Å²) in [6.07, 6.45) is 2.22. The Morgan fingerprint density at radius 3 is 2.46 bits per heavy atom. The molecule has 7 heteroatoms. The summed E-state index contributed by atoms with van der Waals surface area (Å²) in [4.78, 5) is 28.1. The van der Waals surface area contributed by atoms with Crippen molar-refractivity contribution in [1.82, 2.24) is 4.90 Å². The molecule has 1 atom stereocenters. The normalized spacial score (nSPS) is 18.1. The monoisotopic (exact) mass is 497 g/mol. The minimum Gasteiger partial charge on any atom is -0.507 e. The van der Waals surface area contributed by atoms with Crippen molar-refractivity contribution in [3.63, 3.8) is 0 Å². The first kappa shape index (κ1) is 24.2. The number of likely N-dealkylation sites (tertiary alicyclic amines) is 1. The van der Waals surface area contributed by atoms with Crippen LogP contribution in [0, 0.1) is 0 Å². The molecule has 37 heavy (non-hydrogen) atoms. The Morgan fingerprint density at radius 2 is 1.73 bits per heavy atom. The maximum atomic E-state index is 13.3. The van der Waals surface area contributed by atoms with Gasteiger partial charge in [-0.05, 0) is 47.9 Å². The van der Waals surface area contributed by atoms with Crippen molar-refractivity contribution >= 4 is 17.4 Å². The van der Waals surface area contributed by atoms with Crippen LogP contribution in [0.15, 0.2) is 91.0 Å². The number of benzene rings is 3. The molecular formula is C30H27NO6. The fourth-order valence-corrected chi connectivity index (χ4v) is 4.60. The number of ether oxygens (including phenoxy) is 3. The molecule has 0 radical (unpaired) electrons. The van der Waals surface area contributed by atoms with Crippen molar-refractivity contribution in [3.8, 4) is 17.2 Å². The van der Waals surface area contributed by atoms with Crippen LogP contribution >= 0.6 is 0 Å². The second-order valence-corrected chi connectivity index (χ2v) is 8.76. The summed E-state index contributed by atoms with van der Waals surface area (Å²) in [5.74, 6) is 0.0577. The fourth-order valence-electron chi connectivity index (χ4n) is 4.60. The van der Waals surface area contributed by atoms with Gasteiger partial charge in [0.1, 0.15) is 31.3 Å². The Kier molecular flexibility index (Phi) is 6.94. The molecule has 7 nitrogen and oxygen atoms in total. The van der Waals surface area contributed by atoms with Crippen molar-refractivity contribution in [2.75, 3.05) is 26.4 Å². The topological polar surface area (TPSA) is 85.3 Å². The third-order valence-electron chi connectivity index (χ3n) is 6.40. The number of aliphatic hydroxyl groups is 1. The smallest absolute Gasteiger partial charge is 0.295 e. The van der Waals surface area contributed by atoms with Crippen LogP contribution < -0.4 is 14.2 Å². The van der Waals surface area contributed by atoms with Gasteiger partial charge in [0.25, 0.3) is 11.7 Å². The van der Waals surface area contributed by atoms with Crippen LogP contribution in [0.3, 0.4) is 0 Å². The van der Waals surface area contributed by atoms with Gasteiger partial charge in [0, 0.05) is 12.1 Å². The number of ketones is 1. The molecule has 1 N–H and O–H groups in total. The van der Waals surface area contributed by atoms with Gasteiger partial charge in [-0.15, -0.1) is 0 Å². The minimum absolute atomic E-state index is 0.0366. The molecule has 3 aromatic carbocycles. The summed E-state index contributed by atoms with van der Waals surface area (Å²) in [6.45, 7) is 5.16. The summed E-state index contributed by atoms with van der Waals surface area (Å²) in [5, 5.41) is 11.4. The van der Waals surface area contributed by atoms with Gasteiger partial charge in [0.15, 0.2) is 11.5 Å². The van der Waals surface area contributed by atoms with E-state index in [-0.39, 0.29) is 11.3 Å². The Morgan fingerprint density at radius 1 is 1.00 bits per heavy atom. The van der Waals surface area contributed by atoms with Gasteiger partial charge >= 0.3 is 0 Å². The highest BCUT2D eigenvalue weighted by Gasteiger charge is 2.46. The van der Waals surface area contributed by atoms with Crippen LogP contribution in [0.25, 0.3) is 5.76 Å². The highest BCUT2D eigenvalue weighted by molar-refractivity contribution is 6.46. The first-order valence-electron chi connectivity index (χ1n) is 12.1. The van der Waals surface area contributed by atoms with Crippen molar-refractivity contribution in [3.05, 3.63) is 108 Å². The summed E-state index contributed by atoms with van der Waals surface area (Å²) in [7, 11) is 0. The predicted molar refractivity (Wildman–Crippen MR) is 139 cm³/mol. The zero-order valence-electron chi connectivity index (χ0n) is 20.3. The van der Waals surface area contributed by atoms with E-state index < -0.39 is 17.7 Å². The van der Waals surface area contributed by atoms with E-state index in [4.69, 9.17) is 14.2 Å². The highest BCUT2D eigenvalue weighted by Crippen LogP contribution is 2.41. The Labute approximate surface area is 215 Å². The lowest BCUT2D eigenvalue weighted by molar-refractivity contribution is -0.139. The first-order valence-corrected chi connectivity index (χ1v) is 12.1. The van der Waals surface area contributed by atoms with Gasteiger partial charge in [-0.25, -0.2) is 0 Å². The summed E-state index contributed by atoms with van der Waals surface area (Å²) < 4.78 is 16.8. The lowest BCUT2D eigenvalue weighted by atomic mass is 9.95. The van der Waals surface area contributed by atoms with Crippen molar-refractivity contribution in [2.45, 2.75) is 12.5 Å². The lowest BCUT2D eigenvalue weighted by Gasteiger charge is -2.26. The van der Waals surface area contributed by atoms with Crippen LogP contribution in [-0.4, -0.2) is 48.1 Å². The fraction of sp³-hybridized carbons (Fsp3) is 0.200. The molecular weight excluding hydrogens is 470 g/mol. The molecule has 2 aliphatic heterocycles. The van der Waals surface area contributed by atoms with E-state index in [1.807, 2.05) is 42.5 Å². The van der Waals surface area contributed by atoms with E-state index in [0.29, 0.717) is 61.2 Å². The average molecular weight is 498 g/mol. The van der Waals surface area contributed by atoms with E-state index >= 15 is 0 Å². The molecule has 2 aliphatic rings. The average Bonchev–Trinajstić information content (AvgIpc) is 3.20. The summed E-state index contributed by atoms with van der Waals surface area (Å²) in [5.41, 5.74) is 2.15. The number of aliphatic hydroxyl groups excluding tert-OH is 1. The van der Waals surface area contributed by atoms with Gasteiger partial charge in [0.05, 0.1) is 11.6 Å². The van der Waals surface area contributed by atoms with Gasteiger partial charge in [-0.2, -0.15) is 0 Å². The van der Waals surface area contributed by atoms with Gasteiger partial charge in [-0.1, -0.05) is 55.1 Å². The molecule has 5 rings (SSSR count). The quantitative estimate of drug-likeness (QED) is 0.210. The van der Waals surface area contributed by atoms with Crippen LogP contribution in [0.4, 0.5) is 0 Å². The van der Waals surface area contributed by atoms with E-state index in [9.17, 15) is 14.7 Å². The third-order valence-corrected chi connectivity index (χ3v) is 6.40. The first-order chi connectivity index (χ1) is 18.1. The second-order valence-electron chi connectivity index (χ2n) is 8.76. The molecule has 1 saturated heterocycles. The van der Waals surface area contributed by atoms with E-state index in [1.54, 1.807) is 36.4 Å². The van der Waals surface area contributed by atoms with Crippen LogP contribution in [0.1, 0.15) is 22.7 Å². The zero-order chi connectivity index (χ0) is 25.8. The van der Waals surface area contributed by atoms with E-state index in [0.717, 1.165) is 5.56 Å². The molecule has 0 spiro atoms. The van der Waals surface area contributed by atoms with Crippen molar-refractivity contribution < 1.29 is 28.9 Å². The Hall–Kier alpha value is -4.52. The van der Waals surface area contributed by atoms with E-state index in [1.165, 1.54) is 4.90 Å². The van der Waals surface area contributed by atoms with Crippen LogP contribution in [0.2, 0.25) is 0 Å². The van der Waals surface area contributed by atoms with Crippen molar-refractivity contribution in [2.24, 2.45) is 0 Å². The molecule has 0 bridgehead atoms. The number of Topliss-reactive ketones (excluding diaryl/α,β-unsaturated/α-hetero) is 1. The third kappa shape index (κ3) is 4.93. The van der Waals surface area contributed by atoms with Crippen molar-refractivity contribution in [1.29, 1.82) is 0 Å².